The lowest BCUT2D eigenvalue weighted by molar-refractivity contribution is 0.0891. The second-order valence-electron chi connectivity index (χ2n) is 5.97. The summed E-state index contributed by atoms with van der Waals surface area (Å²) >= 11 is 0. The molecule has 0 saturated carbocycles. The first-order chi connectivity index (χ1) is 9.56. The van der Waals surface area contributed by atoms with E-state index in [1.54, 1.807) is 0 Å². The van der Waals surface area contributed by atoms with Crippen LogP contribution in [0.4, 0.5) is 17.6 Å². The van der Waals surface area contributed by atoms with Crippen LogP contribution in [0, 0.1) is 28.7 Å². The Kier molecular flexibility index (Phi) is 5.33. The quantitative estimate of drug-likeness (QED) is 0.510. The molecule has 0 heterocycles. The number of aliphatic hydroxyl groups is 1. The van der Waals surface area contributed by atoms with E-state index < -0.39 is 47.4 Å². The van der Waals surface area contributed by atoms with Crippen molar-refractivity contribution < 1.29 is 27.5 Å². The van der Waals surface area contributed by atoms with E-state index in [-0.39, 0.29) is 11.5 Å². The zero-order valence-electron chi connectivity index (χ0n) is 11.9. The molecule has 0 fully saturated rings. The molecular weight excluding hydrogens is 290 g/mol. The van der Waals surface area contributed by atoms with E-state index in [1.807, 2.05) is 20.8 Å². The Balaban J connectivity index is 2.99. The first-order valence-electron chi connectivity index (χ1n) is 6.31. The second kappa shape index (κ2) is 6.43. The van der Waals surface area contributed by atoms with E-state index >= 15 is 0 Å². The molecule has 0 aliphatic rings. The summed E-state index contributed by atoms with van der Waals surface area (Å²) in [5.41, 5.74) is -1.18. The zero-order valence-corrected chi connectivity index (χ0v) is 11.9. The fourth-order valence-electron chi connectivity index (χ4n) is 1.90. The van der Waals surface area contributed by atoms with Crippen molar-refractivity contribution >= 4 is 5.91 Å². The lowest BCUT2D eigenvalue weighted by Crippen LogP contribution is -2.40. The van der Waals surface area contributed by atoms with Crippen molar-refractivity contribution in [3.05, 3.63) is 34.9 Å². The highest BCUT2D eigenvalue weighted by Crippen LogP contribution is 2.22. The first-order valence-corrected chi connectivity index (χ1v) is 6.31. The second-order valence-corrected chi connectivity index (χ2v) is 5.97. The van der Waals surface area contributed by atoms with Gasteiger partial charge in [-0.25, -0.2) is 17.6 Å². The molecule has 1 aromatic rings. The molecule has 0 radical (unpaired) electrons. The molecular formula is C14H17F4NO2. The van der Waals surface area contributed by atoms with Crippen molar-refractivity contribution in [1.82, 2.24) is 5.32 Å². The Hall–Kier alpha value is -1.63. The smallest absolute Gasteiger partial charge is 0.254 e. The molecule has 1 unspecified atom stereocenters. The molecule has 0 saturated heterocycles. The monoisotopic (exact) mass is 307 g/mol. The lowest BCUT2D eigenvalue weighted by atomic mass is 9.88. The Morgan fingerprint density at radius 1 is 1.19 bits per heavy atom. The third kappa shape index (κ3) is 4.42. The highest BCUT2D eigenvalue weighted by atomic mass is 19.2. The largest absolute Gasteiger partial charge is 0.394 e. The first kappa shape index (κ1) is 17.4. The van der Waals surface area contributed by atoms with Gasteiger partial charge in [0.15, 0.2) is 23.3 Å². The molecule has 118 valence electrons. The maximum absolute atomic E-state index is 13.5. The number of aliphatic hydroxyl groups excluding tert-OH is 1. The van der Waals surface area contributed by atoms with E-state index in [4.69, 9.17) is 0 Å². The molecule has 3 nitrogen and oxygen atoms in total. The normalized spacial score (nSPS) is 13.1. The van der Waals surface area contributed by atoms with Gasteiger partial charge in [-0.3, -0.25) is 4.79 Å². The highest BCUT2D eigenvalue weighted by molar-refractivity contribution is 5.94. The zero-order chi connectivity index (χ0) is 16.4. The van der Waals surface area contributed by atoms with Gasteiger partial charge in [0, 0.05) is 0 Å². The number of nitrogens with one attached hydrogen (secondary N) is 1. The van der Waals surface area contributed by atoms with Crippen LogP contribution in [0.2, 0.25) is 0 Å². The molecule has 0 aromatic heterocycles. The van der Waals surface area contributed by atoms with E-state index in [0.717, 1.165) is 0 Å². The van der Waals surface area contributed by atoms with Crippen LogP contribution in [0.1, 0.15) is 37.6 Å². The molecule has 2 N–H and O–H groups in total. The van der Waals surface area contributed by atoms with Gasteiger partial charge in [-0.15, -0.1) is 0 Å². The summed E-state index contributed by atoms with van der Waals surface area (Å²) in [5, 5.41) is 11.5. The minimum atomic E-state index is -2.04. The minimum Gasteiger partial charge on any atom is -0.394 e. The SMILES string of the molecule is CC(C)(C)CC(CO)NC(=O)c1cc(F)c(F)c(F)c1F. The number of hydrogen-bond donors (Lipinski definition) is 2. The summed E-state index contributed by atoms with van der Waals surface area (Å²) in [4.78, 5) is 11.8. The summed E-state index contributed by atoms with van der Waals surface area (Å²) in [6.07, 6.45) is 0.364. The Morgan fingerprint density at radius 2 is 1.76 bits per heavy atom. The standard InChI is InChI=1S/C14H17F4NO2/c1-14(2,3)5-7(6-20)19-13(21)8-4-9(15)11(17)12(18)10(8)16/h4,7,20H,5-6H2,1-3H3,(H,19,21). The number of amides is 1. The summed E-state index contributed by atoms with van der Waals surface area (Å²) in [5.74, 6) is -8.56. The predicted octanol–water partition coefficient (Wildman–Crippen LogP) is 2.77. The molecule has 21 heavy (non-hydrogen) atoms. The van der Waals surface area contributed by atoms with Crippen molar-refractivity contribution in [2.45, 2.75) is 33.2 Å². The summed E-state index contributed by atoms with van der Waals surface area (Å²) in [6, 6.07) is -0.428. The van der Waals surface area contributed by atoms with Gasteiger partial charge in [0.05, 0.1) is 18.2 Å². The van der Waals surface area contributed by atoms with Crippen molar-refractivity contribution in [2.75, 3.05) is 6.61 Å². The third-order valence-corrected chi connectivity index (χ3v) is 2.76. The third-order valence-electron chi connectivity index (χ3n) is 2.76. The molecule has 0 bridgehead atoms. The topological polar surface area (TPSA) is 49.3 Å². The van der Waals surface area contributed by atoms with Crippen LogP contribution < -0.4 is 5.32 Å². The van der Waals surface area contributed by atoms with Gasteiger partial charge in [-0.05, 0) is 17.9 Å². The molecule has 0 spiro atoms. The van der Waals surface area contributed by atoms with Gasteiger partial charge in [-0.2, -0.15) is 0 Å². The number of halogens is 4. The Morgan fingerprint density at radius 3 is 2.24 bits per heavy atom. The van der Waals surface area contributed by atoms with Crippen LogP contribution in [-0.2, 0) is 0 Å². The van der Waals surface area contributed by atoms with Crippen LogP contribution in [0.5, 0.6) is 0 Å². The minimum absolute atomic E-state index is 0.238. The van der Waals surface area contributed by atoms with Crippen molar-refractivity contribution in [1.29, 1.82) is 0 Å². The van der Waals surface area contributed by atoms with Crippen LogP contribution in [0.3, 0.4) is 0 Å². The molecule has 1 rings (SSSR count). The highest BCUT2D eigenvalue weighted by Gasteiger charge is 2.26. The summed E-state index contributed by atoms with van der Waals surface area (Å²) in [6.45, 7) is 5.16. The summed E-state index contributed by atoms with van der Waals surface area (Å²) < 4.78 is 52.4. The van der Waals surface area contributed by atoms with Crippen LogP contribution >= 0.6 is 0 Å². The number of benzene rings is 1. The lowest BCUT2D eigenvalue weighted by Gasteiger charge is -2.25. The average Bonchev–Trinajstić information content (AvgIpc) is 2.37. The van der Waals surface area contributed by atoms with Crippen molar-refractivity contribution in [2.24, 2.45) is 5.41 Å². The molecule has 7 heteroatoms. The van der Waals surface area contributed by atoms with Gasteiger partial charge in [-0.1, -0.05) is 20.8 Å². The number of rotatable bonds is 4. The van der Waals surface area contributed by atoms with Gasteiger partial charge in [0.1, 0.15) is 0 Å². The number of carbonyl (C=O) groups excluding carboxylic acids is 1. The van der Waals surface area contributed by atoms with Gasteiger partial charge in [0.25, 0.3) is 5.91 Å². The van der Waals surface area contributed by atoms with Gasteiger partial charge >= 0.3 is 0 Å². The number of hydrogen-bond acceptors (Lipinski definition) is 2. The molecule has 1 amide bonds. The van der Waals surface area contributed by atoms with E-state index in [1.165, 1.54) is 0 Å². The van der Waals surface area contributed by atoms with E-state index in [9.17, 15) is 27.5 Å². The molecule has 1 aromatic carbocycles. The Labute approximate surface area is 120 Å². The molecule has 0 aliphatic carbocycles. The predicted molar refractivity (Wildman–Crippen MR) is 68.7 cm³/mol. The maximum atomic E-state index is 13.5. The van der Waals surface area contributed by atoms with Crippen LogP contribution in [0.15, 0.2) is 6.07 Å². The molecule has 0 aliphatic heterocycles. The molecule has 1 atom stereocenters. The summed E-state index contributed by atoms with van der Waals surface area (Å²) in [7, 11) is 0. The van der Waals surface area contributed by atoms with Gasteiger partial charge < -0.3 is 10.4 Å². The number of carbonyl (C=O) groups is 1. The van der Waals surface area contributed by atoms with Gasteiger partial charge in [0.2, 0.25) is 0 Å². The van der Waals surface area contributed by atoms with Crippen molar-refractivity contribution in [3.8, 4) is 0 Å². The van der Waals surface area contributed by atoms with E-state index in [0.29, 0.717) is 6.42 Å². The van der Waals surface area contributed by atoms with Crippen LogP contribution in [0.25, 0.3) is 0 Å². The van der Waals surface area contributed by atoms with E-state index in [2.05, 4.69) is 5.32 Å². The van der Waals surface area contributed by atoms with Crippen LogP contribution in [-0.4, -0.2) is 23.7 Å². The average molecular weight is 307 g/mol. The maximum Gasteiger partial charge on any atom is 0.254 e. The Bertz CT molecular complexity index is 541. The van der Waals surface area contributed by atoms with Crippen molar-refractivity contribution in [3.63, 3.8) is 0 Å². The fourth-order valence-corrected chi connectivity index (χ4v) is 1.90. The fraction of sp³-hybridized carbons (Fsp3) is 0.500.